The van der Waals surface area contributed by atoms with Crippen molar-refractivity contribution in [2.45, 2.75) is 19.4 Å². The zero-order valence-corrected chi connectivity index (χ0v) is 9.51. The van der Waals surface area contributed by atoms with Crippen LogP contribution in [0.2, 0.25) is 0 Å². The monoisotopic (exact) mass is 275 g/mol. The van der Waals surface area contributed by atoms with Crippen LogP contribution in [0.15, 0.2) is 27.7 Å². The number of isocyanates is 1. The van der Waals surface area contributed by atoms with E-state index in [1.165, 1.54) is 12.1 Å². The van der Waals surface area contributed by atoms with Gasteiger partial charge in [0, 0.05) is 10.0 Å². The summed E-state index contributed by atoms with van der Waals surface area (Å²) in [5.41, 5.74) is 0.597. The fourth-order valence-corrected chi connectivity index (χ4v) is 1.80. The fraction of sp³-hybridized carbons (Fsp3) is 0.300. The van der Waals surface area contributed by atoms with E-state index in [9.17, 15) is 13.6 Å². The molecule has 5 heteroatoms. The molecule has 0 radical (unpaired) electrons. The Morgan fingerprint density at radius 3 is 2.67 bits per heavy atom. The molecule has 0 atom stereocenters. The average molecular weight is 276 g/mol. The zero-order valence-electron chi connectivity index (χ0n) is 7.93. The minimum atomic E-state index is -3.50. The molecular weight excluding hydrogens is 268 g/mol. The van der Waals surface area contributed by atoms with Crippen molar-refractivity contribution in [3.05, 3.63) is 33.8 Å². The van der Waals surface area contributed by atoms with Gasteiger partial charge in [0.15, 0.2) is 0 Å². The lowest BCUT2D eigenvalue weighted by Gasteiger charge is -2.11. The van der Waals surface area contributed by atoms with Gasteiger partial charge in [-0.15, -0.1) is 4.99 Å². The van der Waals surface area contributed by atoms with Gasteiger partial charge in [-0.2, -0.15) is 8.78 Å². The normalized spacial score (nSPS) is 10.9. The number of carbonyl (C=O) groups excluding carboxylic acids is 1. The standard InChI is InChI=1S/C10H8BrF2NO/c1-2-7-3-4-8(5-9(7)11)10(12,13)14-6-15/h3-5H,2H2,1H3. The first-order valence-electron chi connectivity index (χ1n) is 4.27. The number of aryl methyl sites for hydroxylation is 1. The molecule has 0 bridgehead atoms. The van der Waals surface area contributed by atoms with Gasteiger partial charge < -0.3 is 0 Å². The molecule has 80 valence electrons. The Labute approximate surface area is 94.1 Å². The molecule has 15 heavy (non-hydrogen) atoms. The van der Waals surface area contributed by atoms with Crippen LogP contribution < -0.4 is 0 Å². The highest BCUT2D eigenvalue weighted by Gasteiger charge is 2.31. The maximum Gasteiger partial charge on any atom is 0.379 e. The molecular formula is C10H8BrF2NO. The van der Waals surface area contributed by atoms with Gasteiger partial charge in [0.05, 0.1) is 0 Å². The third-order valence-electron chi connectivity index (χ3n) is 1.97. The molecule has 0 saturated carbocycles. The number of benzene rings is 1. The Kier molecular flexibility index (Phi) is 3.72. The van der Waals surface area contributed by atoms with E-state index in [4.69, 9.17) is 0 Å². The molecule has 0 N–H and O–H groups in total. The number of nitrogens with zero attached hydrogens (tertiary/aromatic N) is 1. The molecule has 1 rings (SSSR count). The van der Waals surface area contributed by atoms with Crippen LogP contribution in [0.25, 0.3) is 0 Å². The number of hydrogen-bond donors (Lipinski definition) is 0. The van der Waals surface area contributed by atoms with E-state index in [1.807, 2.05) is 6.92 Å². The molecule has 0 unspecified atom stereocenters. The second-order valence-corrected chi connectivity index (χ2v) is 3.76. The van der Waals surface area contributed by atoms with Crippen molar-refractivity contribution < 1.29 is 13.6 Å². The first-order valence-corrected chi connectivity index (χ1v) is 5.06. The maximum absolute atomic E-state index is 13.1. The molecule has 1 aromatic rings. The SMILES string of the molecule is CCc1ccc(C(F)(F)N=C=O)cc1Br. The van der Waals surface area contributed by atoms with Gasteiger partial charge in [-0.05, 0) is 18.1 Å². The lowest BCUT2D eigenvalue weighted by atomic mass is 10.1. The van der Waals surface area contributed by atoms with Gasteiger partial charge >= 0.3 is 6.05 Å². The first-order chi connectivity index (χ1) is 7.01. The number of aliphatic imine (C=N–C) groups is 1. The molecule has 0 aliphatic carbocycles. The van der Waals surface area contributed by atoms with Gasteiger partial charge in [0.1, 0.15) is 0 Å². The topological polar surface area (TPSA) is 29.4 Å². The van der Waals surface area contributed by atoms with Crippen molar-refractivity contribution in [3.63, 3.8) is 0 Å². The summed E-state index contributed by atoms with van der Waals surface area (Å²) >= 11 is 3.18. The number of halogens is 3. The zero-order chi connectivity index (χ0) is 11.5. The maximum atomic E-state index is 13.1. The van der Waals surface area contributed by atoms with Gasteiger partial charge in [-0.3, -0.25) is 0 Å². The van der Waals surface area contributed by atoms with Crippen molar-refractivity contribution in [1.29, 1.82) is 0 Å². The average Bonchev–Trinajstić information content (AvgIpc) is 2.17. The highest BCUT2D eigenvalue weighted by atomic mass is 79.9. The predicted molar refractivity (Wildman–Crippen MR) is 55.5 cm³/mol. The summed E-state index contributed by atoms with van der Waals surface area (Å²) in [5, 5.41) is 0. The largest absolute Gasteiger partial charge is 0.379 e. The molecule has 0 amide bonds. The minimum Gasteiger partial charge on any atom is -0.211 e. The van der Waals surface area contributed by atoms with Crippen molar-refractivity contribution in [1.82, 2.24) is 0 Å². The highest BCUT2D eigenvalue weighted by molar-refractivity contribution is 9.10. The predicted octanol–water partition coefficient (Wildman–Crippen LogP) is 3.40. The molecule has 0 fully saturated rings. The summed E-state index contributed by atoms with van der Waals surface area (Å²) in [5.74, 6) is 0. The number of alkyl halides is 2. The Hall–Kier alpha value is -1.06. The van der Waals surface area contributed by atoms with Crippen molar-refractivity contribution in [2.75, 3.05) is 0 Å². The van der Waals surface area contributed by atoms with Crippen LogP contribution in [0.4, 0.5) is 8.78 Å². The van der Waals surface area contributed by atoms with E-state index in [2.05, 4.69) is 20.9 Å². The van der Waals surface area contributed by atoms with Gasteiger partial charge in [-0.25, -0.2) is 4.79 Å². The molecule has 0 spiro atoms. The van der Waals surface area contributed by atoms with Crippen molar-refractivity contribution in [2.24, 2.45) is 4.99 Å². The van der Waals surface area contributed by atoms with E-state index in [0.717, 1.165) is 18.1 Å². The summed E-state index contributed by atoms with van der Waals surface area (Å²) < 4.78 is 26.8. The highest BCUT2D eigenvalue weighted by Crippen LogP contribution is 2.32. The molecule has 1 aromatic carbocycles. The third-order valence-corrected chi connectivity index (χ3v) is 2.71. The Balaban J connectivity index is 3.17. The lowest BCUT2D eigenvalue weighted by Crippen LogP contribution is -2.09. The van der Waals surface area contributed by atoms with Crippen LogP contribution in [-0.4, -0.2) is 6.08 Å². The Morgan fingerprint density at radius 2 is 2.20 bits per heavy atom. The Bertz CT molecular complexity index is 414. The number of rotatable bonds is 3. The van der Waals surface area contributed by atoms with Crippen LogP contribution in [0.5, 0.6) is 0 Å². The molecule has 2 nitrogen and oxygen atoms in total. The molecule has 0 aromatic heterocycles. The van der Waals surface area contributed by atoms with E-state index in [1.54, 1.807) is 6.07 Å². The van der Waals surface area contributed by atoms with Crippen molar-refractivity contribution in [3.8, 4) is 0 Å². The van der Waals surface area contributed by atoms with E-state index < -0.39 is 6.05 Å². The van der Waals surface area contributed by atoms with Crippen LogP contribution in [-0.2, 0) is 17.3 Å². The van der Waals surface area contributed by atoms with Gasteiger partial charge in [0.25, 0.3) is 0 Å². The van der Waals surface area contributed by atoms with Crippen LogP contribution >= 0.6 is 15.9 Å². The molecule has 0 heterocycles. The van der Waals surface area contributed by atoms with Crippen LogP contribution in [0, 0.1) is 0 Å². The smallest absolute Gasteiger partial charge is 0.211 e. The third kappa shape index (κ3) is 2.70. The van der Waals surface area contributed by atoms with E-state index in [-0.39, 0.29) is 5.56 Å². The van der Waals surface area contributed by atoms with Gasteiger partial charge in [-0.1, -0.05) is 35.0 Å². The number of hydrogen-bond acceptors (Lipinski definition) is 2. The molecule has 0 saturated heterocycles. The van der Waals surface area contributed by atoms with Gasteiger partial charge in [0.2, 0.25) is 6.08 Å². The van der Waals surface area contributed by atoms with E-state index >= 15 is 0 Å². The summed E-state index contributed by atoms with van der Waals surface area (Å²) in [4.78, 5) is 12.3. The second-order valence-electron chi connectivity index (χ2n) is 2.90. The summed E-state index contributed by atoms with van der Waals surface area (Å²) in [6.45, 7) is 1.92. The molecule has 0 aliphatic heterocycles. The lowest BCUT2D eigenvalue weighted by molar-refractivity contribution is 0.00610. The van der Waals surface area contributed by atoms with E-state index in [0.29, 0.717) is 4.47 Å². The quantitative estimate of drug-likeness (QED) is 0.472. The minimum absolute atomic E-state index is 0.324. The summed E-state index contributed by atoms with van der Waals surface area (Å²) in [6, 6.07) is 0.592. The first kappa shape index (κ1) is 12.0. The Morgan fingerprint density at radius 1 is 1.53 bits per heavy atom. The van der Waals surface area contributed by atoms with Crippen molar-refractivity contribution >= 4 is 22.0 Å². The second kappa shape index (κ2) is 4.64. The van der Waals surface area contributed by atoms with Crippen LogP contribution in [0.1, 0.15) is 18.1 Å². The van der Waals surface area contributed by atoms with Crippen LogP contribution in [0.3, 0.4) is 0 Å². The summed E-state index contributed by atoms with van der Waals surface area (Å²) in [6.07, 6.45) is 1.60. The summed E-state index contributed by atoms with van der Waals surface area (Å²) in [7, 11) is 0. The molecule has 0 aliphatic rings. The fourth-order valence-electron chi connectivity index (χ4n) is 1.14.